The zero-order chi connectivity index (χ0) is 13.0. The molecule has 0 aliphatic rings. The van der Waals surface area contributed by atoms with E-state index < -0.39 is 5.97 Å². The van der Waals surface area contributed by atoms with Crippen LogP contribution in [-0.4, -0.2) is 26.2 Å². The maximum absolute atomic E-state index is 10.9. The lowest BCUT2D eigenvalue weighted by molar-refractivity contribution is 0.0690. The van der Waals surface area contributed by atoms with Crippen molar-refractivity contribution in [3.05, 3.63) is 35.7 Å². The molecule has 0 aliphatic heterocycles. The first-order chi connectivity index (χ1) is 8.70. The molecule has 2 aromatic rings. The van der Waals surface area contributed by atoms with E-state index in [4.69, 9.17) is 14.4 Å². The summed E-state index contributed by atoms with van der Waals surface area (Å²) in [4.78, 5) is 18.8. The summed E-state index contributed by atoms with van der Waals surface area (Å²) in [5, 5.41) is 12.7. The van der Waals surface area contributed by atoms with Crippen molar-refractivity contribution in [3.63, 3.8) is 0 Å². The maximum Gasteiger partial charge on any atom is 0.339 e. The molecule has 0 aliphatic carbocycles. The average Bonchev–Trinajstić information content (AvgIpc) is 2.84. The molecule has 2 rings (SSSR count). The highest BCUT2D eigenvalue weighted by Gasteiger charge is 2.12. The van der Waals surface area contributed by atoms with Crippen LogP contribution in [0, 0.1) is 0 Å². The van der Waals surface area contributed by atoms with Gasteiger partial charge >= 0.3 is 5.97 Å². The summed E-state index contributed by atoms with van der Waals surface area (Å²) in [6.45, 7) is 1.91. The maximum atomic E-state index is 10.9. The third kappa shape index (κ3) is 2.62. The van der Waals surface area contributed by atoms with Crippen molar-refractivity contribution < 1.29 is 19.2 Å². The molecule has 0 saturated carbocycles. The Labute approximate surface area is 102 Å². The van der Waals surface area contributed by atoms with Gasteiger partial charge in [-0.25, -0.2) is 4.79 Å². The van der Waals surface area contributed by atoms with E-state index in [9.17, 15) is 4.79 Å². The van der Waals surface area contributed by atoms with Gasteiger partial charge in [0.15, 0.2) is 18.2 Å². The zero-order valence-corrected chi connectivity index (χ0v) is 9.66. The van der Waals surface area contributed by atoms with E-state index in [0.29, 0.717) is 18.1 Å². The van der Waals surface area contributed by atoms with Gasteiger partial charge in [-0.3, -0.25) is 4.98 Å². The lowest BCUT2D eigenvalue weighted by atomic mass is 10.2. The number of aromatic carboxylic acids is 1. The summed E-state index contributed by atoms with van der Waals surface area (Å²) in [6.07, 6.45) is 3.38. The summed E-state index contributed by atoms with van der Waals surface area (Å²) >= 11 is 0. The van der Waals surface area contributed by atoms with Gasteiger partial charge in [-0.2, -0.15) is 4.98 Å². The molecular weight excluding hydrogens is 238 g/mol. The Morgan fingerprint density at radius 3 is 3.06 bits per heavy atom. The predicted octanol–water partition coefficient (Wildman–Crippen LogP) is 1.30. The summed E-state index contributed by atoms with van der Waals surface area (Å²) in [5.74, 6) is -0.0290. The Balaban J connectivity index is 2.08. The average molecular weight is 249 g/mol. The first kappa shape index (κ1) is 12.0. The molecule has 94 valence electrons. The number of carbonyl (C=O) groups is 1. The summed E-state index contributed by atoms with van der Waals surface area (Å²) in [6, 6.07) is 1.36. The lowest BCUT2D eigenvalue weighted by Crippen LogP contribution is -2.04. The third-order valence-electron chi connectivity index (χ3n) is 2.19. The van der Waals surface area contributed by atoms with Crippen LogP contribution in [0.15, 0.2) is 23.0 Å². The topological polar surface area (TPSA) is 98.3 Å². The van der Waals surface area contributed by atoms with Crippen molar-refractivity contribution in [3.8, 4) is 5.75 Å². The van der Waals surface area contributed by atoms with E-state index in [-0.39, 0.29) is 17.9 Å². The molecular formula is C11H11N3O4. The van der Waals surface area contributed by atoms with Crippen LogP contribution in [0.25, 0.3) is 0 Å². The Kier molecular flexibility index (Phi) is 3.52. The number of pyridine rings is 1. The van der Waals surface area contributed by atoms with E-state index in [1.807, 2.05) is 6.92 Å². The number of ether oxygens (including phenoxy) is 1. The molecule has 0 radical (unpaired) electrons. The SMILES string of the molecule is CCc1noc(COc2cnccc2C(=O)O)n1. The number of carboxylic acids is 1. The minimum atomic E-state index is -1.08. The van der Waals surface area contributed by atoms with Gasteiger partial charge in [-0.15, -0.1) is 0 Å². The molecule has 18 heavy (non-hydrogen) atoms. The van der Waals surface area contributed by atoms with Crippen LogP contribution in [0.2, 0.25) is 0 Å². The monoisotopic (exact) mass is 249 g/mol. The fourth-order valence-electron chi connectivity index (χ4n) is 1.30. The first-order valence-electron chi connectivity index (χ1n) is 5.32. The molecule has 0 amide bonds. The second-order valence-electron chi connectivity index (χ2n) is 3.42. The van der Waals surface area contributed by atoms with Crippen LogP contribution in [0.5, 0.6) is 5.75 Å². The van der Waals surface area contributed by atoms with E-state index in [0.717, 1.165) is 0 Å². The molecule has 2 heterocycles. The third-order valence-corrected chi connectivity index (χ3v) is 2.19. The van der Waals surface area contributed by atoms with Crippen molar-refractivity contribution in [1.82, 2.24) is 15.1 Å². The van der Waals surface area contributed by atoms with Crippen LogP contribution >= 0.6 is 0 Å². The minimum Gasteiger partial charge on any atom is -0.481 e. The molecule has 1 N–H and O–H groups in total. The van der Waals surface area contributed by atoms with Crippen molar-refractivity contribution in [1.29, 1.82) is 0 Å². The highest BCUT2D eigenvalue weighted by atomic mass is 16.5. The fraction of sp³-hybridized carbons (Fsp3) is 0.273. The lowest BCUT2D eigenvalue weighted by Gasteiger charge is -2.05. The second-order valence-corrected chi connectivity index (χ2v) is 3.42. The summed E-state index contributed by atoms with van der Waals surface area (Å²) in [7, 11) is 0. The number of aryl methyl sites for hydroxylation is 1. The van der Waals surface area contributed by atoms with Gasteiger partial charge in [0, 0.05) is 12.6 Å². The number of aromatic nitrogens is 3. The van der Waals surface area contributed by atoms with Gasteiger partial charge in [0.1, 0.15) is 5.56 Å². The molecule has 7 nitrogen and oxygen atoms in total. The van der Waals surface area contributed by atoms with Crippen molar-refractivity contribution in [2.75, 3.05) is 0 Å². The van der Waals surface area contributed by atoms with Crippen molar-refractivity contribution in [2.24, 2.45) is 0 Å². The molecule has 7 heteroatoms. The molecule has 0 spiro atoms. The molecule has 2 aromatic heterocycles. The minimum absolute atomic E-state index is 0.0129. The Morgan fingerprint density at radius 1 is 1.56 bits per heavy atom. The highest BCUT2D eigenvalue weighted by molar-refractivity contribution is 5.90. The fourth-order valence-corrected chi connectivity index (χ4v) is 1.30. The summed E-state index contributed by atoms with van der Waals surface area (Å²) < 4.78 is 10.2. The zero-order valence-electron chi connectivity index (χ0n) is 9.66. The van der Waals surface area contributed by atoms with Gasteiger partial charge in [-0.05, 0) is 6.07 Å². The van der Waals surface area contributed by atoms with Gasteiger partial charge < -0.3 is 14.4 Å². The van der Waals surface area contributed by atoms with Crippen LogP contribution in [0.1, 0.15) is 29.0 Å². The first-order valence-corrected chi connectivity index (χ1v) is 5.32. The number of hydrogen-bond acceptors (Lipinski definition) is 6. The van der Waals surface area contributed by atoms with Gasteiger partial charge in [0.05, 0.1) is 6.20 Å². The van der Waals surface area contributed by atoms with Gasteiger partial charge in [0.2, 0.25) is 0 Å². The van der Waals surface area contributed by atoms with Crippen molar-refractivity contribution in [2.45, 2.75) is 20.0 Å². The number of nitrogens with zero attached hydrogens (tertiary/aromatic N) is 3. The van der Waals surface area contributed by atoms with Crippen LogP contribution < -0.4 is 4.74 Å². The smallest absolute Gasteiger partial charge is 0.339 e. The van der Waals surface area contributed by atoms with E-state index in [1.54, 1.807) is 0 Å². The van der Waals surface area contributed by atoms with Crippen molar-refractivity contribution >= 4 is 5.97 Å². The molecule has 0 fully saturated rings. The Hall–Kier alpha value is -2.44. The Morgan fingerprint density at radius 2 is 2.39 bits per heavy atom. The predicted molar refractivity (Wildman–Crippen MR) is 59.2 cm³/mol. The van der Waals surface area contributed by atoms with E-state index in [1.165, 1.54) is 18.5 Å². The molecule has 0 saturated heterocycles. The molecule has 0 bridgehead atoms. The molecule has 0 aromatic carbocycles. The van der Waals surface area contributed by atoms with Crippen LogP contribution in [0.3, 0.4) is 0 Å². The Bertz CT molecular complexity index is 553. The van der Waals surface area contributed by atoms with Gasteiger partial charge in [0.25, 0.3) is 5.89 Å². The van der Waals surface area contributed by atoms with E-state index in [2.05, 4.69) is 15.1 Å². The number of carboxylic acid groups (broad SMARTS) is 1. The number of hydrogen-bond donors (Lipinski definition) is 1. The largest absolute Gasteiger partial charge is 0.481 e. The molecule has 0 unspecified atom stereocenters. The summed E-state index contributed by atoms with van der Waals surface area (Å²) in [5.41, 5.74) is 0.0419. The normalized spacial score (nSPS) is 10.3. The molecule has 0 atom stereocenters. The van der Waals surface area contributed by atoms with Crippen LogP contribution in [-0.2, 0) is 13.0 Å². The van der Waals surface area contributed by atoms with Crippen LogP contribution in [0.4, 0.5) is 0 Å². The standard InChI is InChI=1S/C11H11N3O4/c1-2-9-13-10(18-14-9)6-17-8-5-12-4-3-7(8)11(15)16/h3-5H,2,6H2,1H3,(H,15,16). The number of rotatable bonds is 5. The second kappa shape index (κ2) is 5.26. The highest BCUT2D eigenvalue weighted by Crippen LogP contribution is 2.17. The quantitative estimate of drug-likeness (QED) is 0.852. The van der Waals surface area contributed by atoms with E-state index >= 15 is 0 Å². The van der Waals surface area contributed by atoms with Gasteiger partial charge in [-0.1, -0.05) is 12.1 Å².